The monoisotopic (exact) mass is 275 g/mol. The minimum absolute atomic E-state index is 0.140. The van der Waals surface area contributed by atoms with Crippen molar-refractivity contribution in [2.45, 2.75) is 6.42 Å². The number of benzene rings is 1. The summed E-state index contributed by atoms with van der Waals surface area (Å²) in [5, 5.41) is 3.51. The molecule has 0 aliphatic rings. The third kappa shape index (κ3) is 4.64. The fourth-order valence-corrected chi connectivity index (χ4v) is 1.84. The Morgan fingerprint density at radius 3 is 2.95 bits per heavy atom. The number of amides is 1. The molecule has 1 aromatic heterocycles. The van der Waals surface area contributed by atoms with Crippen LogP contribution in [-0.2, 0) is 11.2 Å². The molecule has 4 heteroatoms. The van der Waals surface area contributed by atoms with Gasteiger partial charge >= 0.3 is 0 Å². The van der Waals surface area contributed by atoms with Crippen LogP contribution in [0, 0.1) is 0 Å². The van der Waals surface area contributed by atoms with Gasteiger partial charge in [0.05, 0.1) is 6.26 Å². The number of hydrogen-bond donors (Lipinski definition) is 1. The number of nitrogens with one attached hydrogen (secondary N) is 1. The summed E-state index contributed by atoms with van der Waals surface area (Å²) in [5.74, 6) is 0.517. The number of rotatable bonds is 5. The summed E-state index contributed by atoms with van der Waals surface area (Å²) in [6.07, 6.45) is 5.41. The lowest BCUT2D eigenvalue weighted by molar-refractivity contribution is -0.116. The molecule has 0 bridgehead atoms. The van der Waals surface area contributed by atoms with Gasteiger partial charge in [-0.1, -0.05) is 23.7 Å². The summed E-state index contributed by atoms with van der Waals surface area (Å²) >= 11 is 5.88. The molecular weight excluding hydrogens is 262 g/mol. The second kappa shape index (κ2) is 6.81. The zero-order valence-corrected chi connectivity index (χ0v) is 11.1. The molecule has 2 rings (SSSR count). The van der Waals surface area contributed by atoms with Crippen LogP contribution in [0.5, 0.6) is 0 Å². The highest BCUT2D eigenvalue weighted by molar-refractivity contribution is 6.30. The first-order valence-corrected chi connectivity index (χ1v) is 6.36. The highest BCUT2D eigenvalue weighted by atomic mass is 35.5. The minimum atomic E-state index is -0.140. The molecule has 0 radical (unpaired) electrons. The molecule has 0 unspecified atom stereocenters. The van der Waals surface area contributed by atoms with Crippen LogP contribution >= 0.6 is 11.6 Å². The first kappa shape index (κ1) is 13.4. The molecule has 19 heavy (non-hydrogen) atoms. The van der Waals surface area contributed by atoms with Gasteiger partial charge in [0.2, 0.25) is 5.91 Å². The smallest absolute Gasteiger partial charge is 0.244 e. The highest BCUT2D eigenvalue weighted by Crippen LogP contribution is 2.10. The third-order valence-electron chi connectivity index (χ3n) is 2.54. The summed E-state index contributed by atoms with van der Waals surface area (Å²) in [6, 6.07) is 11.2. The van der Waals surface area contributed by atoms with Crippen LogP contribution in [0.2, 0.25) is 5.02 Å². The topological polar surface area (TPSA) is 42.2 Å². The number of furan rings is 1. The SMILES string of the molecule is O=C(C=Cc1ccco1)NCCc1cccc(Cl)c1. The lowest BCUT2D eigenvalue weighted by Crippen LogP contribution is -2.23. The number of carbonyl (C=O) groups is 1. The highest BCUT2D eigenvalue weighted by Gasteiger charge is 1.98. The van der Waals surface area contributed by atoms with Crippen LogP contribution in [0.3, 0.4) is 0 Å². The van der Waals surface area contributed by atoms with Gasteiger partial charge in [-0.2, -0.15) is 0 Å². The van der Waals surface area contributed by atoms with Crippen molar-refractivity contribution in [2.24, 2.45) is 0 Å². The van der Waals surface area contributed by atoms with E-state index in [1.807, 2.05) is 24.3 Å². The molecule has 1 amide bonds. The van der Waals surface area contributed by atoms with Crippen molar-refractivity contribution in [3.63, 3.8) is 0 Å². The van der Waals surface area contributed by atoms with Gasteiger partial charge in [-0.15, -0.1) is 0 Å². The largest absolute Gasteiger partial charge is 0.465 e. The maximum atomic E-state index is 11.5. The Balaban J connectivity index is 1.75. The Bertz CT molecular complexity index is 561. The van der Waals surface area contributed by atoms with Crippen LogP contribution in [0.15, 0.2) is 53.2 Å². The van der Waals surface area contributed by atoms with Crippen LogP contribution in [-0.4, -0.2) is 12.5 Å². The van der Waals surface area contributed by atoms with E-state index in [4.69, 9.17) is 16.0 Å². The molecule has 0 saturated carbocycles. The van der Waals surface area contributed by atoms with Gasteiger partial charge in [0.15, 0.2) is 0 Å². The van der Waals surface area contributed by atoms with Crippen molar-refractivity contribution in [3.05, 3.63) is 65.1 Å². The Kier molecular flexibility index (Phi) is 4.81. The van der Waals surface area contributed by atoms with E-state index in [2.05, 4.69) is 5.32 Å². The molecule has 1 N–H and O–H groups in total. The van der Waals surface area contributed by atoms with Crippen molar-refractivity contribution in [1.29, 1.82) is 0 Å². The van der Waals surface area contributed by atoms with E-state index in [1.165, 1.54) is 6.08 Å². The summed E-state index contributed by atoms with van der Waals surface area (Å²) in [7, 11) is 0. The lowest BCUT2D eigenvalue weighted by atomic mass is 10.1. The fraction of sp³-hybridized carbons (Fsp3) is 0.133. The van der Waals surface area contributed by atoms with Gasteiger partial charge in [0.25, 0.3) is 0 Å². The fourth-order valence-electron chi connectivity index (χ4n) is 1.63. The summed E-state index contributed by atoms with van der Waals surface area (Å²) in [6.45, 7) is 0.571. The van der Waals surface area contributed by atoms with Crippen molar-refractivity contribution in [1.82, 2.24) is 5.32 Å². The quantitative estimate of drug-likeness (QED) is 0.851. The van der Waals surface area contributed by atoms with Gasteiger partial charge in [0.1, 0.15) is 5.76 Å². The van der Waals surface area contributed by atoms with Gasteiger partial charge in [-0.05, 0) is 42.3 Å². The normalized spacial score (nSPS) is 10.8. The maximum absolute atomic E-state index is 11.5. The van der Waals surface area contributed by atoms with E-state index < -0.39 is 0 Å². The molecule has 1 aromatic carbocycles. The van der Waals surface area contributed by atoms with E-state index in [1.54, 1.807) is 24.5 Å². The minimum Gasteiger partial charge on any atom is -0.465 e. The second-order valence-corrected chi connectivity index (χ2v) is 4.46. The molecule has 2 aromatic rings. The van der Waals surface area contributed by atoms with Crippen molar-refractivity contribution >= 4 is 23.6 Å². The molecule has 3 nitrogen and oxygen atoms in total. The van der Waals surface area contributed by atoms with E-state index >= 15 is 0 Å². The Morgan fingerprint density at radius 2 is 2.21 bits per heavy atom. The Hall–Kier alpha value is -2.00. The average Bonchev–Trinajstić information content (AvgIpc) is 2.89. The summed E-state index contributed by atoms with van der Waals surface area (Å²) < 4.78 is 5.09. The van der Waals surface area contributed by atoms with Crippen LogP contribution in [0.25, 0.3) is 6.08 Å². The predicted octanol–water partition coefficient (Wildman–Crippen LogP) is 3.31. The van der Waals surface area contributed by atoms with Crippen molar-refractivity contribution < 1.29 is 9.21 Å². The third-order valence-corrected chi connectivity index (χ3v) is 2.78. The zero-order valence-electron chi connectivity index (χ0n) is 10.3. The molecule has 0 saturated heterocycles. The van der Waals surface area contributed by atoms with Gasteiger partial charge in [-0.25, -0.2) is 0 Å². The lowest BCUT2D eigenvalue weighted by Gasteiger charge is -2.03. The van der Waals surface area contributed by atoms with E-state index in [9.17, 15) is 4.79 Å². The van der Waals surface area contributed by atoms with Gasteiger partial charge in [-0.3, -0.25) is 4.79 Å². The average molecular weight is 276 g/mol. The Labute approximate surface area is 116 Å². The first-order chi connectivity index (χ1) is 9.24. The summed E-state index contributed by atoms with van der Waals surface area (Å²) in [5.41, 5.74) is 1.10. The molecule has 0 atom stereocenters. The van der Waals surface area contributed by atoms with Crippen LogP contribution in [0.1, 0.15) is 11.3 Å². The Morgan fingerprint density at radius 1 is 1.32 bits per heavy atom. The van der Waals surface area contributed by atoms with Crippen LogP contribution in [0.4, 0.5) is 0 Å². The standard InChI is InChI=1S/C15H14ClNO2/c16-13-4-1-3-12(11-13)8-9-17-15(18)7-6-14-5-2-10-19-14/h1-7,10-11H,8-9H2,(H,17,18). The molecule has 0 aliphatic carbocycles. The molecule has 0 aliphatic heterocycles. The predicted molar refractivity (Wildman–Crippen MR) is 75.9 cm³/mol. The van der Waals surface area contributed by atoms with Crippen molar-refractivity contribution in [3.8, 4) is 0 Å². The first-order valence-electron chi connectivity index (χ1n) is 5.98. The van der Waals surface area contributed by atoms with Gasteiger partial charge < -0.3 is 9.73 Å². The van der Waals surface area contributed by atoms with Crippen molar-refractivity contribution in [2.75, 3.05) is 6.54 Å². The van der Waals surface area contributed by atoms with Crippen LogP contribution < -0.4 is 5.32 Å². The van der Waals surface area contributed by atoms with E-state index in [-0.39, 0.29) is 5.91 Å². The molecule has 0 fully saturated rings. The number of halogens is 1. The zero-order chi connectivity index (χ0) is 13.5. The molecular formula is C15H14ClNO2. The summed E-state index contributed by atoms with van der Waals surface area (Å²) in [4.78, 5) is 11.5. The maximum Gasteiger partial charge on any atom is 0.244 e. The molecule has 98 valence electrons. The molecule has 1 heterocycles. The van der Waals surface area contributed by atoms with Gasteiger partial charge in [0, 0.05) is 17.6 Å². The number of hydrogen-bond acceptors (Lipinski definition) is 2. The molecule has 0 spiro atoms. The van der Waals surface area contributed by atoms with E-state index in [0.29, 0.717) is 17.3 Å². The number of carbonyl (C=O) groups excluding carboxylic acids is 1. The van der Waals surface area contributed by atoms with E-state index in [0.717, 1.165) is 12.0 Å². The second-order valence-electron chi connectivity index (χ2n) is 4.02.